The number of nitrogens with one attached hydrogen (secondary N) is 1. The first-order chi connectivity index (χ1) is 9.15. The van der Waals surface area contributed by atoms with Crippen LogP contribution in [0.4, 0.5) is 11.5 Å². The number of fused-ring (bicyclic) bond motifs is 3. The predicted octanol–water partition coefficient (Wildman–Crippen LogP) is 0.258. The fourth-order valence-electron chi connectivity index (χ4n) is 2.45. The van der Waals surface area contributed by atoms with Gasteiger partial charge in [0.05, 0.1) is 18.9 Å². The highest BCUT2D eigenvalue weighted by molar-refractivity contribution is 6.22. The van der Waals surface area contributed by atoms with E-state index in [0.717, 1.165) is 11.4 Å². The second-order valence-electron chi connectivity index (χ2n) is 4.43. The molecule has 0 bridgehead atoms. The first kappa shape index (κ1) is 11.6. The molecule has 6 nitrogen and oxygen atoms in total. The molecule has 2 aliphatic heterocycles. The third-order valence-corrected chi connectivity index (χ3v) is 3.24. The number of allylic oxidation sites excluding steroid dienone is 2. The molecule has 1 N–H and O–H groups in total. The van der Waals surface area contributed by atoms with Gasteiger partial charge in [0.2, 0.25) is 5.88 Å². The van der Waals surface area contributed by atoms with Crippen LogP contribution in [-0.4, -0.2) is 31.7 Å². The lowest BCUT2D eigenvalue weighted by Crippen LogP contribution is -2.40. The maximum Gasteiger partial charge on any atom is 0.215 e. The Balaban J connectivity index is 2.25. The van der Waals surface area contributed by atoms with Crippen LogP contribution in [0.5, 0.6) is 5.88 Å². The number of aromatic nitrogens is 1. The van der Waals surface area contributed by atoms with Gasteiger partial charge in [0.1, 0.15) is 11.8 Å². The molecular formula is C12H12BN5O. The number of rotatable bonds is 1. The number of anilines is 1. The zero-order valence-electron chi connectivity index (χ0n) is 10.9. The van der Waals surface area contributed by atoms with Gasteiger partial charge in [-0.25, -0.2) is 4.99 Å². The largest absolute Gasteiger partial charge is 0.481 e. The third-order valence-electron chi connectivity index (χ3n) is 3.24. The topological polar surface area (TPSA) is 73.5 Å². The molecule has 0 saturated heterocycles. The Morgan fingerprint density at radius 1 is 1.53 bits per heavy atom. The number of hydrogen-bond donors (Lipinski definition) is 1. The smallest absolute Gasteiger partial charge is 0.215 e. The van der Waals surface area contributed by atoms with Crippen LogP contribution < -0.4 is 15.0 Å². The van der Waals surface area contributed by atoms with Crippen molar-refractivity contribution in [3.63, 3.8) is 0 Å². The normalized spacial score (nSPS) is 20.2. The number of nitriles is 1. The van der Waals surface area contributed by atoms with Crippen LogP contribution in [0.15, 0.2) is 28.5 Å². The minimum absolute atomic E-state index is 0.0345. The molecule has 0 radical (unpaired) electrons. The molecule has 19 heavy (non-hydrogen) atoms. The molecule has 0 saturated carbocycles. The molecule has 1 aromatic rings. The van der Waals surface area contributed by atoms with Crippen LogP contribution in [-0.2, 0) is 0 Å². The van der Waals surface area contributed by atoms with Crippen molar-refractivity contribution in [2.45, 2.75) is 13.0 Å². The molecule has 0 aliphatic carbocycles. The molecule has 1 unspecified atom stereocenters. The number of aliphatic imine (C=N–C) groups is 1. The zero-order valence-corrected chi connectivity index (χ0v) is 10.9. The fourth-order valence-corrected chi connectivity index (χ4v) is 2.45. The highest BCUT2D eigenvalue weighted by Gasteiger charge is 2.36. The van der Waals surface area contributed by atoms with Gasteiger partial charge < -0.3 is 15.0 Å². The fraction of sp³-hybridized carbons (Fsp3) is 0.250. The zero-order chi connectivity index (χ0) is 13.6. The molecule has 1 aromatic heterocycles. The summed E-state index contributed by atoms with van der Waals surface area (Å²) in [6, 6.07) is 5.74. The Labute approximate surface area is 111 Å². The van der Waals surface area contributed by atoms with Gasteiger partial charge in [0, 0.05) is 11.8 Å². The van der Waals surface area contributed by atoms with E-state index in [9.17, 15) is 5.26 Å². The number of ether oxygens (including phenoxy) is 1. The van der Waals surface area contributed by atoms with Gasteiger partial charge in [-0.3, -0.25) is 0 Å². The third kappa shape index (κ3) is 1.57. The van der Waals surface area contributed by atoms with Gasteiger partial charge in [0.25, 0.3) is 0 Å². The number of nitrogens with zero attached hydrogens (tertiary/aromatic N) is 4. The lowest BCUT2D eigenvalue weighted by molar-refractivity contribution is 0.398. The average molecular weight is 253 g/mol. The summed E-state index contributed by atoms with van der Waals surface area (Å²) in [7, 11) is 3.59. The van der Waals surface area contributed by atoms with Crippen molar-refractivity contribution >= 4 is 25.1 Å². The van der Waals surface area contributed by atoms with Gasteiger partial charge in [-0.05, 0) is 13.0 Å². The van der Waals surface area contributed by atoms with E-state index in [1.165, 1.54) is 0 Å². The van der Waals surface area contributed by atoms with Crippen LogP contribution in [0.3, 0.4) is 0 Å². The van der Waals surface area contributed by atoms with E-state index in [0.29, 0.717) is 23.1 Å². The molecule has 0 amide bonds. The Morgan fingerprint density at radius 2 is 2.32 bits per heavy atom. The molecule has 1 atom stereocenters. The second kappa shape index (κ2) is 4.02. The Kier molecular flexibility index (Phi) is 2.45. The van der Waals surface area contributed by atoms with Crippen LogP contribution in [0.25, 0.3) is 0 Å². The lowest BCUT2D eigenvalue weighted by Gasteiger charge is -2.29. The van der Waals surface area contributed by atoms with E-state index in [-0.39, 0.29) is 6.07 Å². The van der Waals surface area contributed by atoms with E-state index in [1.807, 2.05) is 25.7 Å². The van der Waals surface area contributed by atoms with Crippen molar-refractivity contribution in [1.29, 1.82) is 5.26 Å². The molecular weight excluding hydrogens is 241 g/mol. The van der Waals surface area contributed by atoms with Crippen LogP contribution in [0.2, 0.25) is 0 Å². The van der Waals surface area contributed by atoms with Crippen LogP contribution >= 0.6 is 0 Å². The highest BCUT2D eigenvalue weighted by atomic mass is 16.5. The maximum absolute atomic E-state index is 9.25. The first-order valence-corrected chi connectivity index (χ1v) is 5.96. The molecule has 3 rings (SSSR count). The monoisotopic (exact) mass is 253 g/mol. The van der Waals surface area contributed by atoms with E-state index in [2.05, 4.69) is 21.4 Å². The van der Waals surface area contributed by atoms with Gasteiger partial charge >= 0.3 is 0 Å². The summed E-state index contributed by atoms with van der Waals surface area (Å²) in [5.74, 6) is 1.25. The molecule has 2 aliphatic rings. The summed E-state index contributed by atoms with van der Waals surface area (Å²) >= 11 is 0. The van der Waals surface area contributed by atoms with Gasteiger partial charge in [-0.15, -0.1) is 0 Å². The summed E-state index contributed by atoms with van der Waals surface area (Å²) in [5, 5.41) is 12.5. The summed E-state index contributed by atoms with van der Waals surface area (Å²) < 4.78 is 5.16. The van der Waals surface area contributed by atoms with Crippen molar-refractivity contribution in [3.05, 3.63) is 23.5 Å². The lowest BCUT2D eigenvalue weighted by atomic mass is 10.0. The molecule has 0 aromatic carbocycles. The second-order valence-corrected chi connectivity index (χ2v) is 4.43. The van der Waals surface area contributed by atoms with Crippen molar-refractivity contribution < 1.29 is 4.74 Å². The first-order valence-electron chi connectivity index (χ1n) is 5.96. The van der Waals surface area contributed by atoms with E-state index in [1.54, 1.807) is 13.2 Å². The van der Waals surface area contributed by atoms with Crippen LogP contribution in [0, 0.1) is 11.3 Å². The van der Waals surface area contributed by atoms with Crippen LogP contribution in [0.1, 0.15) is 6.92 Å². The molecule has 7 heteroatoms. The minimum Gasteiger partial charge on any atom is -0.481 e. The molecule has 0 spiro atoms. The van der Waals surface area contributed by atoms with Crippen molar-refractivity contribution in [1.82, 2.24) is 10.3 Å². The van der Waals surface area contributed by atoms with Gasteiger partial charge in [-0.1, -0.05) is 0 Å². The quantitative estimate of drug-likeness (QED) is 0.726. The number of hydrogen-bond acceptors (Lipinski definition) is 6. The van der Waals surface area contributed by atoms with Crippen molar-refractivity contribution in [2.24, 2.45) is 4.99 Å². The average Bonchev–Trinajstić information content (AvgIpc) is 2.73. The molecule has 94 valence electrons. The standard InChI is InChI=1S/C12H12BN5O/c1-6-10-8(5-14)16-7-3-4-9(19-2)17-11(7)18(10)12(13)15-6/h3-4,12,15H,13H2,1-2H3. The Morgan fingerprint density at radius 3 is 3.00 bits per heavy atom. The Hall–Kier alpha value is -2.49. The van der Waals surface area contributed by atoms with E-state index in [4.69, 9.17) is 4.74 Å². The summed E-state index contributed by atoms with van der Waals surface area (Å²) in [4.78, 5) is 10.8. The minimum atomic E-state index is 0.0345. The Bertz CT molecular complexity index is 661. The number of pyridine rings is 1. The highest BCUT2D eigenvalue weighted by Crippen LogP contribution is 2.39. The maximum atomic E-state index is 9.25. The van der Waals surface area contributed by atoms with Crippen molar-refractivity contribution in [2.75, 3.05) is 12.0 Å². The van der Waals surface area contributed by atoms with E-state index >= 15 is 0 Å². The number of methoxy groups -OCH3 is 1. The van der Waals surface area contributed by atoms with E-state index < -0.39 is 0 Å². The molecule has 3 heterocycles. The SMILES string of the molecule is BC1NC(C)=C2C(C#N)=Nc3ccc(OC)nc3N21. The predicted molar refractivity (Wildman–Crippen MR) is 74.1 cm³/mol. The summed E-state index contributed by atoms with van der Waals surface area (Å²) in [6.07, 6.45) is 0. The van der Waals surface area contributed by atoms with Crippen molar-refractivity contribution in [3.8, 4) is 11.9 Å². The summed E-state index contributed by atoms with van der Waals surface area (Å²) in [6.45, 7) is 1.93. The summed E-state index contributed by atoms with van der Waals surface area (Å²) in [5.41, 5.74) is 2.82. The van der Waals surface area contributed by atoms with Gasteiger partial charge in [-0.2, -0.15) is 10.2 Å². The molecule has 0 fully saturated rings. The van der Waals surface area contributed by atoms with Gasteiger partial charge in [0.15, 0.2) is 19.4 Å².